The average Bonchev–Trinajstić information content (AvgIpc) is 3.24. The molecule has 7 nitrogen and oxygen atoms in total. The van der Waals surface area contributed by atoms with Crippen molar-refractivity contribution in [1.29, 1.82) is 0 Å². The molecule has 1 aromatic heterocycles. The van der Waals surface area contributed by atoms with Gasteiger partial charge in [-0.3, -0.25) is 5.10 Å². The summed E-state index contributed by atoms with van der Waals surface area (Å²) in [6.07, 6.45) is 2.46. The Balaban J connectivity index is 1.68. The predicted octanol–water partition coefficient (Wildman–Crippen LogP) is 3.40. The fourth-order valence-corrected chi connectivity index (χ4v) is 5.20. The van der Waals surface area contributed by atoms with Crippen LogP contribution in [-0.2, 0) is 10.0 Å². The maximum Gasteiger partial charge on any atom is 0.243 e. The first-order chi connectivity index (χ1) is 13.6. The quantitative estimate of drug-likeness (QED) is 0.712. The molecule has 2 aromatic carbocycles. The number of aromatic nitrogens is 3. The van der Waals surface area contributed by atoms with Crippen LogP contribution in [0.3, 0.4) is 0 Å². The summed E-state index contributed by atoms with van der Waals surface area (Å²) in [5.41, 5.74) is 0.892. The van der Waals surface area contributed by atoms with Gasteiger partial charge in [0.1, 0.15) is 11.6 Å². The van der Waals surface area contributed by atoms with Gasteiger partial charge in [0.05, 0.1) is 18.0 Å². The van der Waals surface area contributed by atoms with Crippen LogP contribution in [0.5, 0.6) is 5.75 Å². The van der Waals surface area contributed by atoms with Gasteiger partial charge in [-0.1, -0.05) is 42.8 Å². The first-order valence-corrected chi connectivity index (χ1v) is 10.7. The second kappa shape index (κ2) is 7.73. The van der Waals surface area contributed by atoms with Crippen LogP contribution in [0.15, 0.2) is 59.5 Å². The molecule has 0 saturated carbocycles. The van der Waals surface area contributed by atoms with Crippen molar-refractivity contribution in [2.75, 3.05) is 13.7 Å². The van der Waals surface area contributed by atoms with Crippen LogP contribution in [-0.4, -0.2) is 41.6 Å². The highest BCUT2D eigenvalue weighted by molar-refractivity contribution is 7.89. The number of H-pyrrole nitrogens is 1. The van der Waals surface area contributed by atoms with Gasteiger partial charge in [0.15, 0.2) is 5.82 Å². The number of hydrogen-bond acceptors (Lipinski definition) is 5. The Labute approximate surface area is 164 Å². The summed E-state index contributed by atoms with van der Waals surface area (Å²) in [6, 6.07) is 15.8. The van der Waals surface area contributed by atoms with Crippen molar-refractivity contribution in [2.45, 2.75) is 30.2 Å². The lowest BCUT2D eigenvalue weighted by Crippen LogP contribution is -2.39. The summed E-state index contributed by atoms with van der Waals surface area (Å²) in [5.74, 6) is 1.66. The van der Waals surface area contributed by atoms with Crippen molar-refractivity contribution < 1.29 is 13.2 Å². The van der Waals surface area contributed by atoms with Gasteiger partial charge < -0.3 is 4.74 Å². The average molecular weight is 398 g/mol. The summed E-state index contributed by atoms with van der Waals surface area (Å²) in [6.45, 7) is 0.450. The van der Waals surface area contributed by atoms with E-state index in [0.29, 0.717) is 30.4 Å². The van der Waals surface area contributed by atoms with E-state index in [1.165, 1.54) is 11.4 Å². The zero-order valence-electron chi connectivity index (χ0n) is 15.6. The fraction of sp³-hybridized carbons (Fsp3) is 0.300. The number of ether oxygens (including phenoxy) is 1. The normalized spacial score (nSPS) is 18.1. The minimum Gasteiger partial charge on any atom is -0.497 e. The Bertz CT molecular complexity index is 1050. The Hall–Kier alpha value is -2.71. The van der Waals surface area contributed by atoms with E-state index in [1.807, 2.05) is 30.3 Å². The first-order valence-electron chi connectivity index (χ1n) is 9.23. The number of aromatic amines is 1. The molecule has 0 radical (unpaired) electrons. The van der Waals surface area contributed by atoms with Gasteiger partial charge in [-0.15, -0.1) is 0 Å². The molecule has 1 N–H and O–H groups in total. The van der Waals surface area contributed by atoms with Gasteiger partial charge in [-0.05, 0) is 25.0 Å². The standard InChI is InChI=1S/C20H22N4O3S/c1-27-16-10-7-11-17(14-16)28(25,26)24-13-6-5-12-18(24)20-21-19(22-23-20)15-8-3-2-4-9-15/h2-4,7-11,14,18H,5-6,12-13H2,1H3,(H,21,22,23)/t18-/m0/s1. The number of methoxy groups -OCH3 is 1. The van der Waals surface area contributed by atoms with Crippen LogP contribution in [0, 0.1) is 0 Å². The Kier molecular flexibility index (Phi) is 5.15. The second-order valence-electron chi connectivity index (χ2n) is 6.72. The largest absolute Gasteiger partial charge is 0.497 e. The number of piperidine rings is 1. The minimum atomic E-state index is -3.68. The molecule has 4 rings (SSSR count). The molecule has 1 aliphatic heterocycles. The maximum atomic E-state index is 13.3. The first kappa shape index (κ1) is 18.6. The lowest BCUT2D eigenvalue weighted by molar-refractivity contribution is 0.247. The Morgan fingerprint density at radius 3 is 2.71 bits per heavy atom. The number of sulfonamides is 1. The molecule has 146 valence electrons. The summed E-state index contributed by atoms with van der Waals surface area (Å²) < 4.78 is 33.4. The highest BCUT2D eigenvalue weighted by Gasteiger charge is 2.36. The predicted molar refractivity (Wildman–Crippen MR) is 105 cm³/mol. The molecule has 0 unspecified atom stereocenters. The van der Waals surface area contributed by atoms with Crippen molar-refractivity contribution in [3.63, 3.8) is 0 Å². The molecular formula is C20H22N4O3S. The molecule has 0 bridgehead atoms. The van der Waals surface area contributed by atoms with Crippen LogP contribution in [0.4, 0.5) is 0 Å². The molecule has 1 fully saturated rings. The van der Waals surface area contributed by atoms with Gasteiger partial charge in [0.2, 0.25) is 10.0 Å². The SMILES string of the molecule is COc1cccc(S(=O)(=O)N2CCCC[C@H]2c2nc(-c3ccccc3)n[nH]2)c1. The fourth-order valence-electron chi connectivity index (χ4n) is 3.50. The third kappa shape index (κ3) is 3.53. The zero-order valence-corrected chi connectivity index (χ0v) is 16.4. The molecule has 3 aromatic rings. The molecular weight excluding hydrogens is 376 g/mol. The summed E-state index contributed by atoms with van der Waals surface area (Å²) >= 11 is 0. The molecule has 1 atom stereocenters. The molecule has 0 aliphatic carbocycles. The van der Waals surface area contributed by atoms with E-state index in [9.17, 15) is 8.42 Å². The topological polar surface area (TPSA) is 88.2 Å². The van der Waals surface area contributed by atoms with Crippen molar-refractivity contribution in [2.24, 2.45) is 0 Å². The van der Waals surface area contributed by atoms with Gasteiger partial charge >= 0.3 is 0 Å². The molecule has 2 heterocycles. The molecule has 0 amide bonds. The van der Waals surface area contributed by atoms with Gasteiger partial charge in [0, 0.05) is 18.2 Å². The van der Waals surface area contributed by atoms with Crippen molar-refractivity contribution in [1.82, 2.24) is 19.5 Å². The van der Waals surface area contributed by atoms with E-state index in [2.05, 4.69) is 15.2 Å². The zero-order chi connectivity index (χ0) is 19.6. The van der Waals surface area contributed by atoms with Crippen LogP contribution >= 0.6 is 0 Å². The van der Waals surface area contributed by atoms with Gasteiger partial charge in [-0.25, -0.2) is 13.4 Å². The summed E-state index contributed by atoms with van der Waals surface area (Å²) in [7, 11) is -2.16. The van der Waals surface area contributed by atoms with Crippen LogP contribution in [0.2, 0.25) is 0 Å². The third-order valence-corrected chi connectivity index (χ3v) is 6.86. The molecule has 8 heteroatoms. The lowest BCUT2D eigenvalue weighted by Gasteiger charge is -2.33. The summed E-state index contributed by atoms with van der Waals surface area (Å²) in [4.78, 5) is 4.82. The van der Waals surface area contributed by atoms with Crippen LogP contribution in [0.25, 0.3) is 11.4 Å². The molecule has 0 spiro atoms. The van der Waals surface area contributed by atoms with Crippen molar-refractivity contribution >= 4 is 10.0 Å². The molecule has 1 aliphatic rings. The van der Waals surface area contributed by atoms with Crippen LogP contribution < -0.4 is 4.74 Å². The minimum absolute atomic E-state index is 0.224. The van der Waals surface area contributed by atoms with E-state index in [0.717, 1.165) is 18.4 Å². The van der Waals surface area contributed by atoms with Crippen molar-refractivity contribution in [3.05, 3.63) is 60.4 Å². The van der Waals surface area contributed by atoms with Crippen molar-refractivity contribution in [3.8, 4) is 17.1 Å². The molecule has 28 heavy (non-hydrogen) atoms. The Morgan fingerprint density at radius 1 is 1.11 bits per heavy atom. The number of rotatable bonds is 5. The Morgan fingerprint density at radius 2 is 1.93 bits per heavy atom. The number of nitrogens with zero attached hydrogens (tertiary/aromatic N) is 3. The maximum absolute atomic E-state index is 13.3. The number of hydrogen-bond donors (Lipinski definition) is 1. The van der Waals surface area contributed by atoms with E-state index >= 15 is 0 Å². The second-order valence-corrected chi connectivity index (χ2v) is 8.61. The van der Waals surface area contributed by atoms with E-state index in [-0.39, 0.29) is 10.9 Å². The van der Waals surface area contributed by atoms with E-state index < -0.39 is 10.0 Å². The van der Waals surface area contributed by atoms with E-state index in [4.69, 9.17) is 4.74 Å². The third-order valence-electron chi connectivity index (χ3n) is 4.95. The molecule has 1 saturated heterocycles. The lowest BCUT2D eigenvalue weighted by atomic mass is 10.0. The number of benzene rings is 2. The smallest absolute Gasteiger partial charge is 0.243 e. The van der Waals surface area contributed by atoms with E-state index in [1.54, 1.807) is 24.3 Å². The highest BCUT2D eigenvalue weighted by Crippen LogP contribution is 2.35. The number of nitrogens with one attached hydrogen (secondary N) is 1. The highest BCUT2D eigenvalue weighted by atomic mass is 32.2. The monoisotopic (exact) mass is 398 g/mol. The van der Waals surface area contributed by atoms with Crippen LogP contribution in [0.1, 0.15) is 31.1 Å². The van der Waals surface area contributed by atoms with Gasteiger partial charge in [-0.2, -0.15) is 9.40 Å². The summed E-state index contributed by atoms with van der Waals surface area (Å²) in [5, 5.41) is 7.26. The van der Waals surface area contributed by atoms with Gasteiger partial charge in [0.25, 0.3) is 0 Å².